The molecule has 3 aromatic rings. The standard InChI is InChI=1S/C22H26N4OS2/c1-15(10-11-17-7-4-3-5-8-17)23-21(27)16(2)29-22-25-24-20(19-9-6-14-28-19)26(22)18-12-13-18/h3-9,14-16,18H,10-13H2,1-2H3,(H,23,27)/t15-,16-/m0/s1. The molecule has 29 heavy (non-hydrogen) atoms. The number of rotatable bonds is 9. The van der Waals surface area contributed by atoms with Crippen LogP contribution in [0.15, 0.2) is 53.0 Å². The summed E-state index contributed by atoms with van der Waals surface area (Å²) in [6.07, 6.45) is 4.19. The Bertz CT molecular complexity index is 935. The SMILES string of the molecule is C[C@H](Sc1nnc(-c2cccs2)n1C1CC1)C(=O)N[C@@H](C)CCc1ccccc1. The topological polar surface area (TPSA) is 59.8 Å². The molecule has 0 aliphatic heterocycles. The molecule has 0 bridgehead atoms. The Labute approximate surface area is 179 Å². The van der Waals surface area contributed by atoms with E-state index >= 15 is 0 Å². The van der Waals surface area contributed by atoms with Gasteiger partial charge in [0.2, 0.25) is 5.91 Å². The zero-order valence-electron chi connectivity index (χ0n) is 16.7. The van der Waals surface area contributed by atoms with Gasteiger partial charge in [-0.1, -0.05) is 48.2 Å². The molecule has 1 aliphatic rings. The Morgan fingerprint density at radius 2 is 2.00 bits per heavy atom. The molecule has 0 saturated heterocycles. The molecule has 1 amide bonds. The van der Waals surface area contributed by atoms with Crippen LogP contribution in [-0.4, -0.2) is 32.0 Å². The Hall–Kier alpha value is -2.12. The molecule has 1 fully saturated rings. The van der Waals surface area contributed by atoms with E-state index in [0.29, 0.717) is 6.04 Å². The number of hydrogen-bond acceptors (Lipinski definition) is 5. The van der Waals surface area contributed by atoms with Crippen LogP contribution in [0, 0.1) is 0 Å². The first-order chi connectivity index (χ1) is 14.1. The second kappa shape index (κ2) is 9.13. The summed E-state index contributed by atoms with van der Waals surface area (Å²) in [6, 6.07) is 15.1. The van der Waals surface area contributed by atoms with Crippen molar-refractivity contribution in [2.45, 2.75) is 62.0 Å². The lowest BCUT2D eigenvalue weighted by molar-refractivity contribution is -0.120. The predicted octanol–water partition coefficient (Wildman–Crippen LogP) is 4.96. The quantitative estimate of drug-likeness (QED) is 0.491. The largest absolute Gasteiger partial charge is 0.353 e. The number of carbonyl (C=O) groups excluding carboxylic acids is 1. The minimum atomic E-state index is -0.216. The highest BCUT2D eigenvalue weighted by molar-refractivity contribution is 8.00. The molecular weight excluding hydrogens is 400 g/mol. The van der Waals surface area contributed by atoms with Crippen molar-refractivity contribution in [2.75, 3.05) is 0 Å². The summed E-state index contributed by atoms with van der Waals surface area (Å²) in [6.45, 7) is 4.01. The van der Waals surface area contributed by atoms with Crippen molar-refractivity contribution >= 4 is 29.0 Å². The predicted molar refractivity (Wildman–Crippen MR) is 119 cm³/mol. The molecule has 1 saturated carbocycles. The van der Waals surface area contributed by atoms with Gasteiger partial charge in [0.05, 0.1) is 10.1 Å². The minimum absolute atomic E-state index is 0.0542. The van der Waals surface area contributed by atoms with Crippen molar-refractivity contribution in [2.24, 2.45) is 0 Å². The van der Waals surface area contributed by atoms with Gasteiger partial charge < -0.3 is 5.32 Å². The maximum Gasteiger partial charge on any atom is 0.233 e. The maximum absolute atomic E-state index is 12.7. The van der Waals surface area contributed by atoms with Gasteiger partial charge in [-0.15, -0.1) is 21.5 Å². The average molecular weight is 427 g/mol. The smallest absolute Gasteiger partial charge is 0.233 e. The van der Waals surface area contributed by atoms with Gasteiger partial charge in [-0.2, -0.15) is 0 Å². The van der Waals surface area contributed by atoms with E-state index in [1.54, 1.807) is 11.3 Å². The maximum atomic E-state index is 12.7. The van der Waals surface area contributed by atoms with Crippen molar-refractivity contribution < 1.29 is 4.79 Å². The lowest BCUT2D eigenvalue weighted by Gasteiger charge is -2.17. The zero-order valence-corrected chi connectivity index (χ0v) is 18.4. The molecular formula is C22H26N4OS2. The summed E-state index contributed by atoms with van der Waals surface area (Å²) in [5.41, 5.74) is 1.30. The fourth-order valence-corrected chi connectivity index (χ4v) is 4.90. The molecule has 152 valence electrons. The van der Waals surface area contributed by atoms with Crippen LogP contribution in [-0.2, 0) is 11.2 Å². The molecule has 1 aliphatic carbocycles. The molecule has 2 aromatic heterocycles. The van der Waals surface area contributed by atoms with Crippen LogP contribution in [0.1, 0.15) is 44.7 Å². The van der Waals surface area contributed by atoms with Gasteiger partial charge >= 0.3 is 0 Å². The van der Waals surface area contributed by atoms with Gasteiger partial charge in [-0.25, -0.2) is 0 Å². The number of thiophene rings is 1. The molecule has 2 atom stereocenters. The van der Waals surface area contributed by atoms with E-state index in [0.717, 1.165) is 41.5 Å². The number of carbonyl (C=O) groups is 1. The number of benzene rings is 1. The highest BCUT2D eigenvalue weighted by Crippen LogP contribution is 2.42. The Morgan fingerprint density at radius 1 is 1.21 bits per heavy atom. The molecule has 0 spiro atoms. The van der Waals surface area contributed by atoms with E-state index in [2.05, 4.69) is 62.7 Å². The number of nitrogens with zero attached hydrogens (tertiary/aromatic N) is 3. The van der Waals surface area contributed by atoms with Gasteiger partial charge in [0.1, 0.15) is 0 Å². The number of aryl methyl sites for hydroxylation is 1. The zero-order chi connectivity index (χ0) is 20.2. The normalized spacial score (nSPS) is 15.8. The second-order valence-electron chi connectivity index (χ2n) is 7.58. The number of nitrogens with one attached hydrogen (secondary N) is 1. The van der Waals surface area contributed by atoms with Crippen LogP contribution in [0.25, 0.3) is 10.7 Å². The van der Waals surface area contributed by atoms with Crippen molar-refractivity contribution in [1.82, 2.24) is 20.1 Å². The second-order valence-corrected chi connectivity index (χ2v) is 9.83. The highest BCUT2D eigenvalue weighted by atomic mass is 32.2. The van der Waals surface area contributed by atoms with Crippen LogP contribution >= 0.6 is 23.1 Å². The van der Waals surface area contributed by atoms with E-state index in [1.165, 1.54) is 17.3 Å². The molecule has 0 unspecified atom stereocenters. The van der Waals surface area contributed by atoms with Crippen LogP contribution in [0.3, 0.4) is 0 Å². The van der Waals surface area contributed by atoms with Crippen LogP contribution in [0.5, 0.6) is 0 Å². The summed E-state index contributed by atoms with van der Waals surface area (Å²) in [4.78, 5) is 13.8. The third-order valence-electron chi connectivity index (χ3n) is 5.07. The lowest BCUT2D eigenvalue weighted by Crippen LogP contribution is -2.38. The van der Waals surface area contributed by atoms with E-state index in [-0.39, 0.29) is 17.2 Å². The molecule has 1 N–H and O–H groups in total. The number of aromatic nitrogens is 3. The molecule has 7 heteroatoms. The third kappa shape index (κ3) is 5.08. The van der Waals surface area contributed by atoms with Crippen molar-refractivity contribution in [1.29, 1.82) is 0 Å². The van der Waals surface area contributed by atoms with E-state index in [1.807, 2.05) is 19.1 Å². The summed E-state index contributed by atoms with van der Waals surface area (Å²) in [5.74, 6) is 0.979. The van der Waals surface area contributed by atoms with Crippen molar-refractivity contribution in [3.05, 3.63) is 53.4 Å². The molecule has 0 radical (unpaired) electrons. The monoisotopic (exact) mass is 426 g/mol. The number of thioether (sulfide) groups is 1. The fraction of sp³-hybridized carbons (Fsp3) is 0.409. The van der Waals surface area contributed by atoms with Gasteiger partial charge in [0, 0.05) is 12.1 Å². The van der Waals surface area contributed by atoms with E-state index < -0.39 is 0 Å². The third-order valence-corrected chi connectivity index (χ3v) is 6.99. The van der Waals surface area contributed by atoms with Crippen molar-refractivity contribution in [3.63, 3.8) is 0 Å². The van der Waals surface area contributed by atoms with E-state index in [4.69, 9.17) is 0 Å². The van der Waals surface area contributed by atoms with Crippen LogP contribution in [0.4, 0.5) is 0 Å². The first kappa shape index (κ1) is 20.2. The summed E-state index contributed by atoms with van der Waals surface area (Å²) >= 11 is 3.18. The molecule has 5 nitrogen and oxygen atoms in total. The van der Waals surface area contributed by atoms with Crippen molar-refractivity contribution in [3.8, 4) is 10.7 Å². The first-order valence-electron chi connectivity index (χ1n) is 10.1. The number of hydrogen-bond donors (Lipinski definition) is 1. The average Bonchev–Trinajstić information content (AvgIpc) is 3.25. The fourth-order valence-electron chi connectivity index (χ4n) is 3.26. The van der Waals surface area contributed by atoms with Gasteiger partial charge in [0.15, 0.2) is 11.0 Å². The Kier molecular flexibility index (Phi) is 6.35. The van der Waals surface area contributed by atoms with Crippen LogP contribution < -0.4 is 5.32 Å². The van der Waals surface area contributed by atoms with Gasteiger partial charge in [-0.3, -0.25) is 9.36 Å². The molecule has 2 heterocycles. The highest BCUT2D eigenvalue weighted by Gasteiger charge is 2.31. The lowest BCUT2D eigenvalue weighted by atomic mass is 10.1. The van der Waals surface area contributed by atoms with Crippen LogP contribution in [0.2, 0.25) is 0 Å². The minimum Gasteiger partial charge on any atom is -0.353 e. The van der Waals surface area contributed by atoms with E-state index in [9.17, 15) is 4.79 Å². The number of amides is 1. The van der Waals surface area contributed by atoms with Gasteiger partial charge in [0.25, 0.3) is 0 Å². The summed E-state index contributed by atoms with van der Waals surface area (Å²) < 4.78 is 2.22. The van der Waals surface area contributed by atoms with Gasteiger partial charge in [-0.05, 0) is 56.5 Å². The molecule has 1 aromatic carbocycles. The Morgan fingerprint density at radius 3 is 2.69 bits per heavy atom. The summed E-state index contributed by atoms with van der Waals surface area (Å²) in [7, 11) is 0. The summed E-state index contributed by atoms with van der Waals surface area (Å²) in [5, 5.41) is 14.7. The first-order valence-corrected chi connectivity index (χ1v) is 11.9. The Balaban J connectivity index is 1.35. The molecule has 4 rings (SSSR count).